The predicted molar refractivity (Wildman–Crippen MR) is 81.3 cm³/mol. The standard InChI is InChI=1S/C14H10O2S2Se/c15-7-9-1-3-11(17-9)12-4-5-13(18-12)14-6-2-10(8-16)19-14/h1-7,16H,8H2. The van der Waals surface area contributed by atoms with E-state index < -0.39 is 0 Å². The molecule has 3 aromatic heterocycles. The second-order valence-electron chi connectivity index (χ2n) is 3.91. The Morgan fingerprint density at radius 1 is 1.00 bits per heavy atom. The zero-order valence-corrected chi connectivity index (χ0v) is 13.2. The van der Waals surface area contributed by atoms with Crippen LogP contribution in [0.5, 0.6) is 0 Å². The van der Waals surface area contributed by atoms with E-state index >= 15 is 0 Å². The maximum atomic E-state index is 10.7. The molecule has 0 unspecified atom stereocenters. The van der Waals surface area contributed by atoms with Crippen molar-refractivity contribution in [2.24, 2.45) is 0 Å². The number of carbonyl (C=O) groups is 1. The molecule has 19 heavy (non-hydrogen) atoms. The van der Waals surface area contributed by atoms with Gasteiger partial charge in [0, 0.05) is 0 Å². The van der Waals surface area contributed by atoms with E-state index in [-0.39, 0.29) is 21.1 Å². The fourth-order valence-corrected chi connectivity index (χ4v) is 5.72. The zero-order chi connectivity index (χ0) is 13.2. The van der Waals surface area contributed by atoms with Crippen molar-refractivity contribution in [3.8, 4) is 19.1 Å². The van der Waals surface area contributed by atoms with Gasteiger partial charge in [0.2, 0.25) is 0 Å². The van der Waals surface area contributed by atoms with E-state index in [0.717, 1.165) is 20.5 Å². The first-order valence-corrected chi connectivity index (χ1v) is 9.00. The molecule has 2 nitrogen and oxygen atoms in total. The van der Waals surface area contributed by atoms with Crippen LogP contribution in [0.25, 0.3) is 19.1 Å². The first-order valence-electron chi connectivity index (χ1n) is 5.65. The van der Waals surface area contributed by atoms with Crippen molar-refractivity contribution >= 4 is 43.5 Å². The molecule has 0 bridgehead atoms. The molecule has 0 spiro atoms. The van der Waals surface area contributed by atoms with Gasteiger partial charge in [-0.25, -0.2) is 0 Å². The zero-order valence-electron chi connectivity index (χ0n) is 9.83. The van der Waals surface area contributed by atoms with Gasteiger partial charge >= 0.3 is 125 Å². The van der Waals surface area contributed by atoms with Crippen LogP contribution in [0, 0.1) is 0 Å². The molecule has 0 saturated carbocycles. The van der Waals surface area contributed by atoms with Crippen molar-refractivity contribution in [2.75, 3.05) is 0 Å². The van der Waals surface area contributed by atoms with E-state index in [1.165, 1.54) is 25.5 Å². The van der Waals surface area contributed by atoms with Gasteiger partial charge in [-0.15, -0.1) is 0 Å². The molecular formula is C14H10O2S2Se. The molecule has 0 saturated heterocycles. The topological polar surface area (TPSA) is 37.3 Å². The van der Waals surface area contributed by atoms with Crippen LogP contribution in [0.15, 0.2) is 36.4 Å². The molecule has 1 N–H and O–H groups in total. The molecular weight excluding hydrogens is 343 g/mol. The number of hydrogen-bond acceptors (Lipinski definition) is 4. The van der Waals surface area contributed by atoms with Gasteiger partial charge in [0.05, 0.1) is 0 Å². The van der Waals surface area contributed by atoms with E-state index in [4.69, 9.17) is 5.11 Å². The summed E-state index contributed by atoms with van der Waals surface area (Å²) in [7, 11) is 0. The van der Waals surface area contributed by atoms with Crippen LogP contribution >= 0.6 is 22.7 Å². The van der Waals surface area contributed by atoms with Gasteiger partial charge in [-0.1, -0.05) is 0 Å². The number of rotatable bonds is 4. The number of aliphatic hydroxyl groups excluding tert-OH is 1. The summed E-state index contributed by atoms with van der Waals surface area (Å²) >= 11 is 3.52. The number of aldehydes is 1. The van der Waals surface area contributed by atoms with Crippen LogP contribution in [-0.2, 0) is 6.61 Å². The maximum absolute atomic E-state index is 10.7. The summed E-state index contributed by atoms with van der Waals surface area (Å²) in [6.45, 7) is 0.159. The van der Waals surface area contributed by atoms with Crippen molar-refractivity contribution in [1.29, 1.82) is 0 Å². The molecule has 5 heteroatoms. The molecule has 3 heterocycles. The minimum atomic E-state index is 0.159. The van der Waals surface area contributed by atoms with Gasteiger partial charge in [0.1, 0.15) is 0 Å². The van der Waals surface area contributed by atoms with E-state index in [0.29, 0.717) is 0 Å². The SMILES string of the molecule is O=Cc1ccc(-c2ccc(-c3ccc(CO)[se]3)s2)s1. The fourth-order valence-electron chi connectivity index (χ4n) is 1.75. The van der Waals surface area contributed by atoms with Crippen LogP contribution in [0.4, 0.5) is 0 Å². The Labute approximate surface area is 124 Å². The predicted octanol–water partition coefficient (Wildman–Crippen LogP) is 3.51. The third-order valence-corrected chi connectivity index (χ3v) is 7.58. The molecule has 0 aromatic carbocycles. The molecule has 0 aliphatic carbocycles. The van der Waals surface area contributed by atoms with Gasteiger partial charge in [-0.3, -0.25) is 0 Å². The monoisotopic (exact) mass is 354 g/mol. The third kappa shape index (κ3) is 2.66. The summed E-state index contributed by atoms with van der Waals surface area (Å²) in [6, 6.07) is 12.2. The summed E-state index contributed by atoms with van der Waals surface area (Å²) < 4.78 is 2.44. The van der Waals surface area contributed by atoms with Crippen LogP contribution in [0.3, 0.4) is 0 Å². The average molecular weight is 353 g/mol. The molecule has 0 radical (unpaired) electrons. The Bertz CT molecular complexity index is 708. The number of aliphatic hydroxyl groups is 1. The molecule has 3 aromatic rings. The Kier molecular flexibility index (Phi) is 3.82. The minimum absolute atomic E-state index is 0.159. The third-order valence-electron chi connectivity index (χ3n) is 2.65. The van der Waals surface area contributed by atoms with E-state index in [2.05, 4.69) is 18.2 Å². The molecule has 0 atom stereocenters. The molecule has 3 rings (SSSR count). The first-order chi connectivity index (χ1) is 9.30. The van der Waals surface area contributed by atoms with Crippen LogP contribution in [0.1, 0.15) is 14.1 Å². The second kappa shape index (κ2) is 5.57. The van der Waals surface area contributed by atoms with Gasteiger partial charge < -0.3 is 0 Å². The first kappa shape index (κ1) is 13.0. The van der Waals surface area contributed by atoms with Crippen LogP contribution in [0.2, 0.25) is 0 Å². The van der Waals surface area contributed by atoms with Crippen molar-refractivity contribution < 1.29 is 9.90 Å². The number of hydrogen-bond donors (Lipinski definition) is 1. The van der Waals surface area contributed by atoms with Gasteiger partial charge in [0.25, 0.3) is 0 Å². The van der Waals surface area contributed by atoms with E-state index in [1.807, 2.05) is 18.2 Å². The number of thiophene rings is 2. The van der Waals surface area contributed by atoms with E-state index in [9.17, 15) is 4.79 Å². The quantitative estimate of drug-likeness (QED) is 0.576. The summed E-state index contributed by atoms with van der Waals surface area (Å²) in [5.74, 6) is 0. The average Bonchev–Trinajstić information content (AvgIpc) is 3.16. The molecule has 96 valence electrons. The Morgan fingerprint density at radius 3 is 2.42 bits per heavy atom. The molecule has 0 amide bonds. The van der Waals surface area contributed by atoms with E-state index in [1.54, 1.807) is 11.3 Å². The Hall–Kier alpha value is -0.971. The normalized spacial score (nSPS) is 10.8. The van der Waals surface area contributed by atoms with Crippen LogP contribution < -0.4 is 0 Å². The van der Waals surface area contributed by atoms with Gasteiger partial charge in [0.15, 0.2) is 0 Å². The van der Waals surface area contributed by atoms with Crippen molar-refractivity contribution in [3.05, 3.63) is 45.7 Å². The Morgan fingerprint density at radius 2 is 1.74 bits per heavy atom. The summed E-state index contributed by atoms with van der Waals surface area (Å²) in [5, 5.41) is 9.13. The summed E-state index contributed by atoms with van der Waals surface area (Å²) in [4.78, 5) is 15.1. The number of carbonyl (C=O) groups excluding carboxylic acids is 1. The Balaban J connectivity index is 1.92. The summed E-state index contributed by atoms with van der Waals surface area (Å²) in [6.07, 6.45) is 0.892. The summed E-state index contributed by atoms with van der Waals surface area (Å²) in [5.41, 5.74) is 0. The van der Waals surface area contributed by atoms with Gasteiger partial charge in [-0.2, -0.15) is 0 Å². The molecule has 0 fully saturated rings. The molecule has 0 aliphatic rings. The molecule has 0 aliphatic heterocycles. The fraction of sp³-hybridized carbons (Fsp3) is 0.0714. The van der Waals surface area contributed by atoms with Crippen molar-refractivity contribution in [3.63, 3.8) is 0 Å². The van der Waals surface area contributed by atoms with Crippen molar-refractivity contribution in [1.82, 2.24) is 0 Å². The second-order valence-corrected chi connectivity index (χ2v) is 8.56. The van der Waals surface area contributed by atoms with Crippen LogP contribution in [-0.4, -0.2) is 25.9 Å². The van der Waals surface area contributed by atoms with Crippen molar-refractivity contribution in [2.45, 2.75) is 6.61 Å². The van der Waals surface area contributed by atoms with Gasteiger partial charge in [-0.05, 0) is 0 Å².